The van der Waals surface area contributed by atoms with Crippen LogP contribution in [0, 0.1) is 0 Å². The number of ether oxygens (including phenoxy) is 2. The Hall–Kier alpha value is -1.52. The van der Waals surface area contributed by atoms with Crippen LogP contribution < -0.4 is 14.8 Å². The summed E-state index contributed by atoms with van der Waals surface area (Å²) in [6, 6.07) is 8.07. The predicted octanol–water partition coefficient (Wildman–Crippen LogP) is 3.10. The molecule has 1 aromatic heterocycles. The van der Waals surface area contributed by atoms with Gasteiger partial charge in [-0.25, -0.2) is 0 Å². The molecule has 3 nitrogen and oxygen atoms in total. The third kappa shape index (κ3) is 3.98. The first kappa shape index (κ1) is 13.9. The molecule has 0 aliphatic rings. The average molecular weight is 277 g/mol. The minimum absolute atomic E-state index is 0.803. The second-order valence-corrected chi connectivity index (χ2v) is 5.02. The van der Waals surface area contributed by atoms with E-state index in [9.17, 15) is 0 Å². The van der Waals surface area contributed by atoms with E-state index >= 15 is 0 Å². The van der Waals surface area contributed by atoms with Gasteiger partial charge >= 0.3 is 0 Å². The molecule has 0 unspecified atom stereocenters. The standard InChI is InChI=1S/C15H19NO2S/c1-17-14-4-3-13(15(9-14)18-2)10-16-7-5-12-6-8-19-11-12/h3-4,6,8-9,11,16H,5,7,10H2,1-2H3. The van der Waals surface area contributed by atoms with Gasteiger partial charge in [-0.3, -0.25) is 0 Å². The zero-order valence-electron chi connectivity index (χ0n) is 11.3. The van der Waals surface area contributed by atoms with Gasteiger partial charge in [-0.1, -0.05) is 6.07 Å². The summed E-state index contributed by atoms with van der Waals surface area (Å²) >= 11 is 1.74. The van der Waals surface area contributed by atoms with E-state index in [1.807, 2.05) is 18.2 Å². The third-order valence-corrected chi connectivity index (χ3v) is 3.71. The SMILES string of the molecule is COc1ccc(CNCCc2ccsc2)c(OC)c1. The first-order valence-corrected chi connectivity index (χ1v) is 7.20. The van der Waals surface area contributed by atoms with Crippen LogP contribution in [0.3, 0.4) is 0 Å². The van der Waals surface area contributed by atoms with Crippen LogP contribution in [0.2, 0.25) is 0 Å². The lowest BCUT2D eigenvalue weighted by molar-refractivity contribution is 0.390. The Labute approximate surface area is 118 Å². The average Bonchev–Trinajstić information content (AvgIpc) is 2.96. The van der Waals surface area contributed by atoms with Crippen LogP contribution in [-0.4, -0.2) is 20.8 Å². The Kier molecular flexibility index (Phi) is 5.24. The van der Waals surface area contributed by atoms with Gasteiger partial charge in [0, 0.05) is 18.2 Å². The van der Waals surface area contributed by atoms with Crippen LogP contribution in [0.5, 0.6) is 11.5 Å². The highest BCUT2D eigenvalue weighted by atomic mass is 32.1. The highest BCUT2D eigenvalue weighted by molar-refractivity contribution is 7.07. The second kappa shape index (κ2) is 7.16. The molecule has 4 heteroatoms. The Morgan fingerprint density at radius 1 is 1.16 bits per heavy atom. The Morgan fingerprint density at radius 2 is 2.05 bits per heavy atom. The molecule has 0 saturated carbocycles. The summed E-state index contributed by atoms with van der Waals surface area (Å²) in [7, 11) is 3.34. The van der Waals surface area contributed by atoms with Crippen LogP contribution in [0.25, 0.3) is 0 Å². The normalized spacial score (nSPS) is 10.4. The van der Waals surface area contributed by atoms with Crippen molar-refractivity contribution in [1.29, 1.82) is 0 Å². The number of nitrogens with one attached hydrogen (secondary N) is 1. The van der Waals surface area contributed by atoms with Gasteiger partial charge in [0.15, 0.2) is 0 Å². The van der Waals surface area contributed by atoms with E-state index in [1.54, 1.807) is 25.6 Å². The van der Waals surface area contributed by atoms with Crippen molar-refractivity contribution in [2.45, 2.75) is 13.0 Å². The number of rotatable bonds is 7. The number of methoxy groups -OCH3 is 2. The van der Waals surface area contributed by atoms with Crippen molar-refractivity contribution in [3.63, 3.8) is 0 Å². The number of benzene rings is 1. The fourth-order valence-electron chi connectivity index (χ4n) is 1.89. The fraction of sp³-hybridized carbons (Fsp3) is 0.333. The van der Waals surface area contributed by atoms with Crippen molar-refractivity contribution in [2.24, 2.45) is 0 Å². The zero-order chi connectivity index (χ0) is 13.5. The Bertz CT molecular complexity index is 497. The van der Waals surface area contributed by atoms with E-state index in [1.165, 1.54) is 5.56 Å². The van der Waals surface area contributed by atoms with Crippen molar-refractivity contribution < 1.29 is 9.47 Å². The number of hydrogen-bond acceptors (Lipinski definition) is 4. The van der Waals surface area contributed by atoms with Gasteiger partial charge in [0.05, 0.1) is 14.2 Å². The summed E-state index contributed by atoms with van der Waals surface area (Å²) < 4.78 is 10.6. The van der Waals surface area contributed by atoms with E-state index in [0.29, 0.717) is 0 Å². The molecule has 1 heterocycles. The van der Waals surface area contributed by atoms with Gasteiger partial charge in [0.2, 0.25) is 0 Å². The Balaban J connectivity index is 1.85. The van der Waals surface area contributed by atoms with Gasteiger partial charge in [0.1, 0.15) is 11.5 Å². The fourth-order valence-corrected chi connectivity index (χ4v) is 2.59. The summed E-state index contributed by atoms with van der Waals surface area (Å²) in [5.74, 6) is 1.68. The van der Waals surface area contributed by atoms with Gasteiger partial charge < -0.3 is 14.8 Å². The number of thiophene rings is 1. The molecule has 102 valence electrons. The van der Waals surface area contributed by atoms with Crippen molar-refractivity contribution in [3.8, 4) is 11.5 Å². The molecule has 19 heavy (non-hydrogen) atoms. The third-order valence-electron chi connectivity index (χ3n) is 2.98. The maximum absolute atomic E-state index is 5.37. The summed E-state index contributed by atoms with van der Waals surface area (Å²) in [5, 5.41) is 7.74. The second-order valence-electron chi connectivity index (χ2n) is 4.24. The van der Waals surface area contributed by atoms with E-state index in [0.717, 1.165) is 36.6 Å². The first-order valence-electron chi connectivity index (χ1n) is 6.26. The summed E-state index contributed by atoms with van der Waals surface area (Å²) in [5.41, 5.74) is 2.54. The van der Waals surface area contributed by atoms with E-state index in [4.69, 9.17) is 9.47 Å². The molecule has 0 amide bonds. The van der Waals surface area contributed by atoms with Crippen molar-refractivity contribution >= 4 is 11.3 Å². The van der Waals surface area contributed by atoms with Crippen molar-refractivity contribution in [1.82, 2.24) is 5.32 Å². The Morgan fingerprint density at radius 3 is 2.74 bits per heavy atom. The quantitative estimate of drug-likeness (QED) is 0.789. The molecule has 0 radical (unpaired) electrons. The minimum atomic E-state index is 0.803. The molecule has 0 fully saturated rings. The topological polar surface area (TPSA) is 30.5 Å². The van der Waals surface area contributed by atoms with Crippen molar-refractivity contribution in [2.75, 3.05) is 20.8 Å². The lowest BCUT2D eigenvalue weighted by Crippen LogP contribution is -2.17. The molecule has 0 aliphatic carbocycles. The molecule has 0 aliphatic heterocycles. The van der Waals surface area contributed by atoms with Gasteiger partial charge in [0.25, 0.3) is 0 Å². The lowest BCUT2D eigenvalue weighted by Gasteiger charge is -2.11. The number of hydrogen-bond donors (Lipinski definition) is 1. The summed E-state index contributed by atoms with van der Waals surface area (Å²) in [6.45, 7) is 1.77. The monoisotopic (exact) mass is 277 g/mol. The predicted molar refractivity (Wildman–Crippen MR) is 79.3 cm³/mol. The van der Waals surface area contributed by atoms with E-state index < -0.39 is 0 Å². The molecule has 1 aromatic carbocycles. The van der Waals surface area contributed by atoms with E-state index in [-0.39, 0.29) is 0 Å². The molecular formula is C15H19NO2S. The maximum atomic E-state index is 5.37. The first-order chi connectivity index (χ1) is 9.33. The maximum Gasteiger partial charge on any atom is 0.127 e. The zero-order valence-corrected chi connectivity index (χ0v) is 12.1. The highest BCUT2D eigenvalue weighted by Crippen LogP contribution is 2.24. The molecule has 0 spiro atoms. The smallest absolute Gasteiger partial charge is 0.127 e. The highest BCUT2D eigenvalue weighted by Gasteiger charge is 2.04. The van der Waals surface area contributed by atoms with Crippen LogP contribution in [0.4, 0.5) is 0 Å². The van der Waals surface area contributed by atoms with Crippen LogP contribution >= 0.6 is 11.3 Å². The molecule has 0 saturated heterocycles. The van der Waals surface area contributed by atoms with Gasteiger partial charge in [-0.05, 0) is 41.4 Å². The summed E-state index contributed by atoms with van der Waals surface area (Å²) in [6.07, 6.45) is 1.06. The molecule has 2 aromatic rings. The van der Waals surface area contributed by atoms with Crippen LogP contribution in [0.15, 0.2) is 35.0 Å². The minimum Gasteiger partial charge on any atom is -0.497 e. The largest absolute Gasteiger partial charge is 0.497 e. The lowest BCUT2D eigenvalue weighted by atomic mass is 10.2. The van der Waals surface area contributed by atoms with Crippen LogP contribution in [0.1, 0.15) is 11.1 Å². The van der Waals surface area contributed by atoms with E-state index in [2.05, 4.69) is 22.1 Å². The van der Waals surface area contributed by atoms with Gasteiger partial charge in [-0.2, -0.15) is 11.3 Å². The summed E-state index contributed by atoms with van der Waals surface area (Å²) in [4.78, 5) is 0. The van der Waals surface area contributed by atoms with Gasteiger partial charge in [-0.15, -0.1) is 0 Å². The molecule has 0 bridgehead atoms. The molecule has 1 N–H and O–H groups in total. The van der Waals surface area contributed by atoms with Crippen molar-refractivity contribution in [3.05, 3.63) is 46.2 Å². The molecule has 0 atom stereocenters. The molecule has 2 rings (SSSR count). The molecular weight excluding hydrogens is 258 g/mol. The van der Waals surface area contributed by atoms with Crippen LogP contribution in [-0.2, 0) is 13.0 Å².